The minimum Gasteiger partial charge on any atom is -0.393 e. The number of nitrogens with one attached hydrogen (secondary N) is 1. The Morgan fingerprint density at radius 2 is 1.93 bits per heavy atom. The van der Waals surface area contributed by atoms with Crippen molar-refractivity contribution in [3.05, 3.63) is 40.5 Å². The van der Waals surface area contributed by atoms with Gasteiger partial charge in [0.05, 0.1) is 22.2 Å². The molecule has 29 heavy (non-hydrogen) atoms. The van der Waals surface area contributed by atoms with Crippen molar-refractivity contribution >= 4 is 28.4 Å². The van der Waals surface area contributed by atoms with Gasteiger partial charge in [0.25, 0.3) is 5.91 Å². The Labute approximate surface area is 173 Å². The summed E-state index contributed by atoms with van der Waals surface area (Å²) >= 11 is 6.32. The van der Waals surface area contributed by atoms with E-state index in [1.165, 1.54) is 0 Å². The lowest BCUT2D eigenvalue weighted by atomic mass is 9.87. The van der Waals surface area contributed by atoms with Crippen molar-refractivity contribution in [2.75, 3.05) is 6.54 Å². The average Bonchev–Trinajstić information content (AvgIpc) is 3.13. The van der Waals surface area contributed by atoms with E-state index in [4.69, 9.17) is 16.6 Å². The van der Waals surface area contributed by atoms with Gasteiger partial charge in [-0.2, -0.15) is 0 Å². The molecule has 1 aromatic carbocycles. The summed E-state index contributed by atoms with van der Waals surface area (Å²) in [7, 11) is 0. The van der Waals surface area contributed by atoms with Crippen molar-refractivity contribution in [3.63, 3.8) is 0 Å². The number of benzene rings is 1. The molecule has 0 aliphatic heterocycles. The van der Waals surface area contributed by atoms with E-state index in [0.717, 1.165) is 18.5 Å². The van der Waals surface area contributed by atoms with Gasteiger partial charge in [-0.25, -0.2) is 8.78 Å². The number of halogens is 3. The van der Waals surface area contributed by atoms with Gasteiger partial charge >= 0.3 is 0 Å². The van der Waals surface area contributed by atoms with Crippen LogP contribution in [0.1, 0.15) is 66.9 Å². The monoisotopic (exact) mass is 422 g/mol. The normalized spacial score (nSPS) is 24.7. The zero-order valence-electron chi connectivity index (χ0n) is 16.1. The van der Waals surface area contributed by atoms with Crippen LogP contribution in [0.3, 0.4) is 0 Å². The van der Waals surface area contributed by atoms with Crippen LogP contribution < -0.4 is 5.32 Å². The largest absolute Gasteiger partial charge is 0.393 e. The highest BCUT2D eigenvalue weighted by molar-refractivity contribution is 6.35. The first-order chi connectivity index (χ1) is 13.8. The molecule has 2 aromatic rings. The SMILES string of the molecule is O=C(NCC1CCC(F)(F)CC1)c1c(Cl)ccc2nc(C3CCC(O)C3)ccc12. The van der Waals surface area contributed by atoms with E-state index in [9.17, 15) is 18.7 Å². The van der Waals surface area contributed by atoms with E-state index in [1.807, 2.05) is 12.1 Å². The minimum absolute atomic E-state index is 0.0610. The first kappa shape index (κ1) is 20.5. The summed E-state index contributed by atoms with van der Waals surface area (Å²) in [5.41, 5.74) is 1.98. The van der Waals surface area contributed by atoms with Crippen LogP contribution in [0.25, 0.3) is 10.9 Å². The predicted molar refractivity (Wildman–Crippen MR) is 109 cm³/mol. The Hall–Kier alpha value is -1.79. The molecule has 2 N–H and O–H groups in total. The molecule has 0 spiro atoms. The van der Waals surface area contributed by atoms with Gasteiger partial charge in [-0.15, -0.1) is 0 Å². The number of amides is 1. The van der Waals surface area contributed by atoms with Gasteiger partial charge in [0.1, 0.15) is 0 Å². The zero-order valence-corrected chi connectivity index (χ0v) is 16.9. The third-order valence-electron chi connectivity index (χ3n) is 6.28. The number of alkyl halides is 2. The number of hydrogen-bond donors (Lipinski definition) is 2. The lowest BCUT2D eigenvalue weighted by Crippen LogP contribution is -2.34. The van der Waals surface area contributed by atoms with Crippen LogP contribution in [0, 0.1) is 5.92 Å². The van der Waals surface area contributed by atoms with Gasteiger partial charge in [0.2, 0.25) is 5.92 Å². The lowest BCUT2D eigenvalue weighted by Gasteiger charge is -2.28. The van der Waals surface area contributed by atoms with Crippen molar-refractivity contribution in [2.24, 2.45) is 5.92 Å². The molecule has 2 fully saturated rings. The maximum atomic E-state index is 13.3. The Kier molecular flexibility index (Phi) is 5.76. The van der Waals surface area contributed by atoms with Gasteiger partial charge < -0.3 is 10.4 Å². The second kappa shape index (κ2) is 8.15. The lowest BCUT2D eigenvalue weighted by molar-refractivity contribution is -0.0452. The van der Waals surface area contributed by atoms with Gasteiger partial charge in [0, 0.05) is 36.4 Å². The molecule has 1 heterocycles. The minimum atomic E-state index is -2.57. The summed E-state index contributed by atoms with van der Waals surface area (Å²) in [6.07, 6.45) is 2.70. The number of carbonyl (C=O) groups excluding carboxylic acids is 1. The summed E-state index contributed by atoms with van der Waals surface area (Å²) in [4.78, 5) is 17.5. The van der Waals surface area contributed by atoms with Crippen LogP contribution in [0.2, 0.25) is 5.02 Å². The first-order valence-corrected chi connectivity index (χ1v) is 10.6. The highest BCUT2D eigenvalue weighted by atomic mass is 35.5. The smallest absolute Gasteiger partial charge is 0.253 e. The fraction of sp³-hybridized carbons (Fsp3) is 0.545. The molecular weight excluding hydrogens is 398 g/mol. The molecule has 2 aliphatic carbocycles. The molecule has 2 aliphatic rings. The highest BCUT2D eigenvalue weighted by Gasteiger charge is 2.35. The summed E-state index contributed by atoms with van der Waals surface area (Å²) in [5, 5.41) is 13.7. The van der Waals surface area contributed by atoms with E-state index in [0.29, 0.717) is 47.3 Å². The maximum Gasteiger partial charge on any atom is 0.253 e. The Balaban J connectivity index is 1.50. The molecule has 1 aromatic heterocycles. The van der Waals surface area contributed by atoms with Gasteiger partial charge in [0.15, 0.2) is 0 Å². The number of pyridine rings is 1. The van der Waals surface area contributed by atoms with Crippen LogP contribution >= 0.6 is 11.6 Å². The molecule has 2 unspecified atom stereocenters. The number of fused-ring (bicyclic) bond motifs is 1. The van der Waals surface area contributed by atoms with Crippen LogP contribution in [0.4, 0.5) is 8.78 Å². The third-order valence-corrected chi connectivity index (χ3v) is 6.60. The first-order valence-electron chi connectivity index (χ1n) is 10.3. The van der Waals surface area contributed by atoms with Crippen LogP contribution in [-0.2, 0) is 0 Å². The number of hydrogen-bond acceptors (Lipinski definition) is 3. The van der Waals surface area contributed by atoms with Crippen LogP contribution in [0.5, 0.6) is 0 Å². The van der Waals surface area contributed by atoms with E-state index in [1.54, 1.807) is 12.1 Å². The maximum absolute atomic E-state index is 13.3. The standard InChI is InChI=1S/C22H25ClF2N2O2/c23-17-4-6-19-16(3-5-18(27-19)14-1-2-15(28)11-14)20(17)21(29)26-12-13-7-9-22(24,25)10-8-13/h3-6,13-15,28H,1-2,7-12H2,(H,26,29). The third kappa shape index (κ3) is 4.53. The van der Waals surface area contributed by atoms with Crippen LogP contribution in [0.15, 0.2) is 24.3 Å². The fourth-order valence-electron chi connectivity index (χ4n) is 4.51. The molecular formula is C22H25ClF2N2O2. The molecule has 0 saturated heterocycles. The summed E-state index contributed by atoms with van der Waals surface area (Å²) in [6, 6.07) is 7.23. The summed E-state index contributed by atoms with van der Waals surface area (Å²) in [6.45, 7) is 0.368. The van der Waals surface area contributed by atoms with E-state index in [-0.39, 0.29) is 36.7 Å². The Bertz CT molecular complexity index is 911. The molecule has 4 rings (SSSR count). The second-order valence-electron chi connectivity index (χ2n) is 8.40. The number of rotatable bonds is 4. The highest BCUT2D eigenvalue weighted by Crippen LogP contribution is 2.37. The molecule has 156 valence electrons. The molecule has 4 nitrogen and oxygen atoms in total. The quantitative estimate of drug-likeness (QED) is 0.722. The number of aromatic nitrogens is 1. The molecule has 0 radical (unpaired) electrons. The average molecular weight is 423 g/mol. The number of aliphatic hydroxyl groups is 1. The second-order valence-corrected chi connectivity index (χ2v) is 8.81. The summed E-state index contributed by atoms with van der Waals surface area (Å²) in [5.74, 6) is -2.58. The van der Waals surface area contributed by atoms with Crippen molar-refractivity contribution in [1.29, 1.82) is 0 Å². The van der Waals surface area contributed by atoms with Gasteiger partial charge in [-0.1, -0.05) is 17.7 Å². The zero-order chi connectivity index (χ0) is 20.6. The van der Waals surface area contributed by atoms with Crippen molar-refractivity contribution in [3.8, 4) is 0 Å². The molecule has 2 atom stereocenters. The van der Waals surface area contributed by atoms with Crippen molar-refractivity contribution in [2.45, 2.75) is 62.9 Å². The summed E-state index contributed by atoms with van der Waals surface area (Å²) < 4.78 is 26.6. The molecule has 7 heteroatoms. The number of aliphatic hydroxyl groups excluding tert-OH is 1. The number of nitrogens with zero attached hydrogens (tertiary/aromatic N) is 1. The van der Waals surface area contributed by atoms with Crippen molar-refractivity contribution < 1.29 is 18.7 Å². The topological polar surface area (TPSA) is 62.2 Å². The molecule has 2 saturated carbocycles. The Morgan fingerprint density at radius 1 is 1.17 bits per heavy atom. The van der Waals surface area contributed by atoms with E-state index >= 15 is 0 Å². The predicted octanol–water partition coefficient (Wildman–Crippen LogP) is 5.07. The molecule has 0 bridgehead atoms. The van der Waals surface area contributed by atoms with Crippen molar-refractivity contribution in [1.82, 2.24) is 10.3 Å². The van der Waals surface area contributed by atoms with Crippen LogP contribution in [-0.4, -0.2) is 34.6 Å². The Morgan fingerprint density at radius 3 is 2.62 bits per heavy atom. The van der Waals surface area contributed by atoms with E-state index in [2.05, 4.69) is 5.32 Å². The fourth-order valence-corrected chi connectivity index (χ4v) is 4.76. The van der Waals surface area contributed by atoms with E-state index < -0.39 is 5.92 Å². The van der Waals surface area contributed by atoms with Gasteiger partial charge in [-0.05, 0) is 56.2 Å². The van der Waals surface area contributed by atoms with Gasteiger partial charge in [-0.3, -0.25) is 9.78 Å². The number of carbonyl (C=O) groups is 1. The molecule has 1 amide bonds.